The number of hydrogen-bond acceptors (Lipinski definition) is 6. The Morgan fingerprint density at radius 1 is 1.00 bits per heavy atom. The van der Waals surface area contributed by atoms with Crippen molar-refractivity contribution in [2.24, 2.45) is 0 Å². The van der Waals surface area contributed by atoms with E-state index in [9.17, 15) is 15.0 Å². The highest BCUT2D eigenvalue weighted by Gasteiger charge is 2.67. The Labute approximate surface area is 187 Å². The molecule has 0 unspecified atom stereocenters. The minimum Gasteiger partial charge on any atom is -0.497 e. The van der Waals surface area contributed by atoms with E-state index < -0.39 is 23.3 Å². The first-order valence-electron chi connectivity index (χ1n) is 10.5. The van der Waals surface area contributed by atoms with Gasteiger partial charge >= 0.3 is 5.97 Å². The van der Waals surface area contributed by atoms with Crippen molar-refractivity contribution in [1.82, 2.24) is 0 Å². The smallest absolute Gasteiger partial charge is 0.346 e. The number of ether oxygens (including phenoxy) is 3. The van der Waals surface area contributed by atoms with Crippen molar-refractivity contribution in [3.63, 3.8) is 0 Å². The molecule has 4 rings (SSSR count). The molecule has 1 aliphatic rings. The largest absolute Gasteiger partial charge is 0.497 e. The van der Waals surface area contributed by atoms with E-state index in [4.69, 9.17) is 14.2 Å². The number of aliphatic hydroxyl groups is 2. The van der Waals surface area contributed by atoms with Crippen LogP contribution in [0.15, 0.2) is 72.8 Å². The third-order valence-corrected chi connectivity index (χ3v) is 5.97. The summed E-state index contributed by atoms with van der Waals surface area (Å²) in [6.45, 7) is 3.46. The van der Waals surface area contributed by atoms with Crippen molar-refractivity contribution in [2.45, 2.75) is 31.2 Å². The number of esters is 1. The first kappa shape index (κ1) is 21.9. The summed E-state index contributed by atoms with van der Waals surface area (Å²) in [5, 5.41) is 24.2. The molecule has 6 nitrogen and oxygen atoms in total. The number of fused-ring (bicyclic) bond motifs is 1. The molecule has 6 heteroatoms. The fourth-order valence-corrected chi connectivity index (χ4v) is 4.40. The predicted octanol–water partition coefficient (Wildman–Crippen LogP) is 3.67. The van der Waals surface area contributed by atoms with Crippen LogP contribution < -0.4 is 9.47 Å². The van der Waals surface area contributed by atoms with Gasteiger partial charge in [0.2, 0.25) is 5.60 Å². The van der Waals surface area contributed by atoms with Crippen LogP contribution in [0, 0.1) is 6.92 Å². The predicted molar refractivity (Wildman–Crippen MR) is 119 cm³/mol. The van der Waals surface area contributed by atoms with E-state index in [1.165, 1.54) is 0 Å². The van der Waals surface area contributed by atoms with Crippen LogP contribution in [0.4, 0.5) is 0 Å². The van der Waals surface area contributed by atoms with Crippen LogP contribution >= 0.6 is 0 Å². The van der Waals surface area contributed by atoms with Gasteiger partial charge in [-0.05, 0) is 43.2 Å². The summed E-state index contributed by atoms with van der Waals surface area (Å²) in [5.41, 5.74) is -0.373. The van der Waals surface area contributed by atoms with Crippen LogP contribution in [0.5, 0.6) is 11.5 Å². The minimum atomic E-state index is -2.47. The number of rotatable bonds is 5. The number of para-hydroxylation sites is 1. The summed E-state index contributed by atoms with van der Waals surface area (Å²) in [6.07, 6.45) is 0. The molecule has 0 saturated carbocycles. The standard InChI is InChI=1S/C26H26O6/c1-4-31-24(27)25(28)23(18-13-15-19(30-3)16-14-18)20-10-6-8-12-22(20)32-26(25,29)21-11-7-5-9-17(21)2/h5-16,23,28-29H,4H2,1-3H3/t23-,25+,26-/m0/s1. The second kappa shape index (κ2) is 8.30. The van der Waals surface area contributed by atoms with E-state index in [0.717, 1.165) is 0 Å². The van der Waals surface area contributed by atoms with Gasteiger partial charge in [0, 0.05) is 11.1 Å². The van der Waals surface area contributed by atoms with Crippen LogP contribution in [0.1, 0.15) is 35.1 Å². The van der Waals surface area contributed by atoms with Crippen LogP contribution in [-0.4, -0.2) is 35.5 Å². The average Bonchev–Trinajstić information content (AvgIpc) is 2.80. The van der Waals surface area contributed by atoms with Crippen molar-refractivity contribution in [3.8, 4) is 11.5 Å². The molecule has 3 atom stereocenters. The van der Waals surface area contributed by atoms with Crippen LogP contribution in [0.25, 0.3) is 0 Å². The zero-order chi connectivity index (χ0) is 22.9. The normalized spacial score (nSPS) is 24.2. The Balaban J connectivity index is 2.04. The number of carbonyl (C=O) groups excluding carboxylic acids is 1. The molecule has 0 fully saturated rings. The molecular formula is C26H26O6. The van der Waals surface area contributed by atoms with E-state index in [0.29, 0.717) is 28.2 Å². The van der Waals surface area contributed by atoms with Gasteiger partial charge in [-0.15, -0.1) is 0 Å². The third kappa shape index (κ3) is 3.23. The molecule has 32 heavy (non-hydrogen) atoms. The molecule has 166 valence electrons. The lowest BCUT2D eigenvalue weighted by Gasteiger charge is -2.49. The summed E-state index contributed by atoms with van der Waals surface area (Å²) >= 11 is 0. The quantitative estimate of drug-likeness (QED) is 0.596. The first-order valence-corrected chi connectivity index (χ1v) is 10.5. The Morgan fingerprint density at radius 3 is 2.31 bits per heavy atom. The van der Waals surface area contributed by atoms with Gasteiger partial charge in [-0.1, -0.05) is 54.6 Å². The third-order valence-electron chi connectivity index (χ3n) is 5.97. The van der Waals surface area contributed by atoms with Gasteiger partial charge in [0.1, 0.15) is 11.5 Å². The van der Waals surface area contributed by atoms with Crippen molar-refractivity contribution < 1.29 is 29.2 Å². The molecule has 3 aromatic carbocycles. The van der Waals surface area contributed by atoms with Crippen LogP contribution in [-0.2, 0) is 15.3 Å². The molecular weight excluding hydrogens is 408 g/mol. The molecule has 2 N–H and O–H groups in total. The maximum atomic E-state index is 13.4. The molecule has 0 saturated heterocycles. The second-order valence-electron chi connectivity index (χ2n) is 7.79. The van der Waals surface area contributed by atoms with Gasteiger partial charge in [0.05, 0.1) is 19.6 Å². The maximum Gasteiger partial charge on any atom is 0.346 e. The van der Waals surface area contributed by atoms with E-state index in [2.05, 4.69) is 0 Å². The number of hydrogen-bond donors (Lipinski definition) is 2. The molecule has 1 aliphatic heterocycles. The maximum absolute atomic E-state index is 13.4. The zero-order valence-electron chi connectivity index (χ0n) is 18.2. The first-order chi connectivity index (χ1) is 15.4. The molecule has 0 spiro atoms. The summed E-state index contributed by atoms with van der Waals surface area (Å²) in [4.78, 5) is 13.4. The lowest BCUT2D eigenvalue weighted by molar-refractivity contribution is -0.281. The molecule has 0 aromatic heterocycles. The van der Waals surface area contributed by atoms with E-state index in [1.807, 2.05) is 6.07 Å². The average molecular weight is 434 g/mol. The summed E-state index contributed by atoms with van der Waals surface area (Å²) in [5.74, 6) is -3.34. The zero-order valence-corrected chi connectivity index (χ0v) is 18.2. The second-order valence-corrected chi connectivity index (χ2v) is 7.79. The Bertz CT molecular complexity index is 1130. The van der Waals surface area contributed by atoms with Gasteiger partial charge in [0.15, 0.2) is 0 Å². The van der Waals surface area contributed by atoms with Crippen LogP contribution in [0.2, 0.25) is 0 Å². The fourth-order valence-electron chi connectivity index (χ4n) is 4.40. The molecule has 0 amide bonds. The highest BCUT2D eigenvalue weighted by Crippen LogP contribution is 2.54. The Hall–Kier alpha value is -3.35. The Kier molecular flexibility index (Phi) is 5.67. The van der Waals surface area contributed by atoms with Crippen molar-refractivity contribution in [3.05, 3.63) is 95.1 Å². The Morgan fingerprint density at radius 2 is 1.66 bits per heavy atom. The highest BCUT2D eigenvalue weighted by atomic mass is 16.7. The van der Waals surface area contributed by atoms with E-state index in [1.54, 1.807) is 87.7 Å². The minimum absolute atomic E-state index is 0.0297. The molecule has 0 aliphatic carbocycles. The van der Waals surface area contributed by atoms with Gasteiger partial charge in [-0.2, -0.15) is 0 Å². The van der Waals surface area contributed by atoms with Crippen molar-refractivity contribution in [2.75, 3.05) is 13.7 Å². The number of carbonyl (C=O) groups is 1. The van der Waals surface area contributed by atoms with Gasteiger partial charge in [-0.3, -0.25) is 0 Å². The van der Waals surface area contributed by atoms with E-state index in [-0.39, 0.29) is 12.2 Å². The van der Waals surface area contributed by atoms with Crippen molar-refractivity contribution >= 4 is 5.97 Å². The fraction of sp³-hybridized carbons (Fsp3) is 0.269. The molecule has 0 radical (unpaired) electrons. The number of aryl methyl sites for hydroxylation is 1. The topological polar surface area (TPSA) is 85.2 Å². The molecule has 0 bridgehead atoms. The van der Waals surface area contributed by atoms with E-state index >= 15 is 0 Å². The summed E-state index contributed by atoms with van der Waals surface area (Å²) in [6, 6.07) is 21.0. The molecule has 1 heterocycles. The lowest BCUT2D eigenvalue weighted by atomic mass is 9.68. The highest BCUT2D eigenvalue weighted by molar-refractivity contribution is 5.85. The monoisotopic (exact) mass is 434 g/mol. The SMILES string of the molecule is CCOC(=O)[C@]1(O)[C@@H](c2ccc(OC)cc2)c2ccccc2O[C@@]1(O)c1ccccc1C. The van der Waals surface area contributed by atoms with Gasteiger partial charge in [0.25, 0.3) is 5.79 Å². The van der Waals surface area contributed by atoms with Crippen molar-refractivity contribution in [1.29, 1.82) is 0 Å². The van der Waals surface area contributed by atoms with Gasteiger partial charge in [-0.25, -0.2) is 4.79 Å². The molecule has 3 aromatic rings. The lowest BCUT2D eigenvalue weighted by Crippen LogP contribution is -2.66. The summed E-state index contributed by atoms with van der Waals surface area (Å²) < 4.78 is 16.6. The number of benzene rings is 3. The number of methoxy groups -OCH3 is 1. The summed E-state index contributed by atoms with van der Waals surface area (Å²) in [7, 11) is 1.56. The van der Waals surface area contributed by atoms with Gasteiger partial charge < -0.3 is 24.4 Å². The van der Waals surface area contributed by atoms with Crippen LogP contribution in [0.3, 0.4) is 0 Å².